The van der Waals surface area contributed by atoms with Crippen LogP contribution in [-0.2, 0) is 4.79 Å². The van der Waals surface area contributed by atoms with Crippen molar-refractivity contribution < 1.29 is 9.18 Å². The lowest BCUT2D eigenvalue weighted by molar-refractivity contribution is -0.113. The van der Waals surface area contributed by atoms with Gasteiger partial charge in [-0.3, -0.25) is 4.79 Å². The first-order valence-corrected chi connectivity index (χ1v) is 7.41. The topological polar surface area (TPSA) is 29.1 Å². The van der Waals surface area contributed by atoms with E-state index in [2.05, 4.69) is 5.32 Å². The van der Waals surface area contributed by atoms with Crippen molar-refractivity contribution >= 4 is 34.7 Å². The standard InChI is InChI=1S/C13H10FNOS2/c14-9-3-1-8(2-4-9)12-13-10(5-6-17-13)15-11(16)7-18-12/h1-6,12H,7H2,(H,15,16)/t12-/m1/s1. The third-order valence-electron chi connectivity index (χ3n) is 2.76. The molecule has 0 aliphatic carbocycles. The number of nitrogens with one attached hydrogen (secondary N) is 1. The lowest BCUT2D eigenvalue weighted by atomic mass is 10.1. The van der Waals surface area contributed by atoms with Gasteiger partial charge in [-0.2, -0.15) is 0 Å². The predicted octanol–water partition coefficient (Wildman–Crippen LogP) is 3.66. The molecule has 0 radical (unpaired) electrons. The van der Waals surface area contributed by atoms with Gasteiger partial charge in [0.15, 0.2) is 0 Å². The number of halogens is 1. The Morgan fingerprint density at radius 2 is 2.00 bits per heavy atom. The molecule has 1 aliphatic heterocycles. The third kappa shape index (κ3) is 2.15. The Morgan fingerprint density at radius 3 is 2.78 bits per heavy atom. The number of hydrogen-bond acceptors (Lipinski definition) is 3. The van der Waals surface area contributed by atoms with Crippen LogP contribution in [-0.4, -0.2) is 11.7 Å². The Bertz CT molecular complexity index is 579. The number of carbonyl (C=O) groups is 1. The van der Waals surface area contributed by atoms with Crippen molar-refractivity contribution in [1.29, 1.82) is 0 Å². The third-order valence-corrected chi connectivity index (χ3v) is 5.16. The molecule has 0 fully saturated rings. The first-order chi connectivity index (χ1) is 8.74. The molecule has 2 nitrogen and oxygen atoms in total. The van der Waals surface area contributed by atoms with E-state index in [1.807, 2.05) is 11.4 Å². The molecule has 3 rings (SSSR count). The van der Waals surface area contributed by atoms with Crippen molar-refractivity contribution in [3.8, 4) is 0 Å². The second-order valence-electron chi connectivity index (χ2n) is 3.99. The minimum absolute atomic E-state index is 0.0178. The van der Waals surface area contributed by atoms with Gasteiger partial charge in [-0.1, -0.05) is 12.1 Å². The summed E-state index contributed by atoms with van der Waals surface area (Å²) in [5.74, 6) is 0.200. The Labute approximate surface area is 112 Å². The zero-order chi connectivity index (χ0) is 12.5. The van der Waals surface area contributed by atoms with Crippen molar-refractivity contribution in [2.24, 2.45) is 0 Å². The van der Waals surface area contributed by atoms with Crippen LogP contribution < -0.4 is 5.32 Å². The molecule has 1 N–H and O–H groups in total. The number of rotatable bonds is 1. The van der Waals surface area contributed by atoms with E-state index in [1.54, 1.807) is 35.2 Å². The van der Waals surface area contributed by atoms with Gasteiger partial charge in [-0.05, 0) is 29.1 Å². The predicted molar refractivity (Wildman–Crippen MR) is 73.6 cm³/mol. The first kappa shape index (κ1) is 11.7. The minimum atomic E-state index is -0.238. The molecule has 0 bridgehead atoms. The van der Waals surface area contributed by atoms with Crippen LogP contribution in [0.4, 0.5) is 10.1 Å². The normalized spacial score (nSPS) is 18.9. The second-order valence-corrected chi connectivity index (χ2v) is 6.03. The van der Waals surface area contributed by atoms with Gasteiger partial charge < -0.3 is 5.32 Å². The van der Waals surface area contributed by atoms with Gasteiger partial charge in [0, 0.05) is 4.88 Å². The van der Waals surface area contributed by atoms with Crippen LogP contribution in [0.5, 0.6) is 0 Å². The highest BCUT2D eigenvalue weighted by Crippen LogP contribution is 2.44. The maximum Gasteiger partial charge on any atom is 0.234 e. The summed E-state index contributed by atoms with van der Waals surface area (Å²) in [5, 5.41) is 4.95. The van der Waals surface area contributed by atoms with Gasteiger partial charge in [0.2, 0.25) is 5.91 Å². The molecule has 92 valence electrons. The van der Waals surface area contributed by atoms with Crippen LogP contribution in [0.1, 0.15) is 15.7 Å². The number of amides is 1. The van der Waals surface area contributed by atoms with Gasteiger partial charge in [-0.25, -0.2) is 4.39 Å². The second kappa shape index (κ2) is 4.74. The average molecular weight is 279 g/mol. The van der Waals surface area contributed by atoms with Crippen molar-refractivity contribution in [2.45, 2.75) is 5.25 Å². The monoisotopic (exact) mass is 279 g/mol. The fraction of sp³-hybridized carbons (Fsp3) is 0.154. The number of fused-ring (bicyclic) bond motifs is 1. The SMILES string of the molecule is O=C1CS[C@H](c2ccc(F)cc2)c2sccc2N1. The van der Waals surface area contributed by atoms with Crippen LogP contribution in [0, 0.1) is 5.82 Å². The van der Waals surface area contributed by atoms with Gasteiger partial charge in [0.05, 0.1) is 16.7 Å². The van der Waals surface area contributed by atoms with Crippen LogP contribution in [0.15, 0.2) is 35.7 Å². The molecule has 2 aromatic rings. The van der Waals surface area contributed by atoms with Crippen molar-refractivity contribution in [2.75, 3.05) is 11.1 Å². The highest BCUT2D eigenvalue weighted by atomic mass is 32.2. The maximum atomic E-state index is 13.0. The van der Waals surface area contributed by atoms with Crippen molar-refractivity contribution in [1.82, 2.24) is 0 Å². The summed E-state index contributed by atoms with van der Waals surface area (Å²) in [6.45, 7) is 0. The van der Waals surface area contributed by atoms with E-state index in [0.29, 0.717) is 5.75 Å². The summed E-state index contributed by atoms with van der Waals surface area (Å²) in [5.41, 5.74) is 1.91. The van der Waals surface area contributed by atoms with E-state index in [-0.39, 0.29) is 17.0 Å². The lowest BCUT2D eigenvalue weighted by Crippen LogP contribution is -2.11. The Kier molecular flexibility index (Phi) is 3.09. The molecule has 1 aromatic heterocycles. The zero-order valence-corrected chi connectivity index (χ0v) is 11.0. The largest absolute Gasteiger partial charge is 0.324 e. The molecule has 1 aromatic carbocycles. The lowest BCUT2D eigenvalue weighted by Gasteiger charge is -2.13. The van der Waals surface area contributed by atoms with Crippen LogP contribution in [0.2, 0.25) is 0 Å². The van der Waals surface area contributed by atoms with Crippen LogP contribution in [0.25, 0.3) is 0 Å². The molecular weight excluding hydrogens is 269 g/mol. The Morgan fingerprint density at radius 1 is 1.22 bits per heavy atom. The van der Waals surface area contributed by atoms with Gasteiger partial charge in [0.25, 0.3) is 0 Å². The van der Waals surface area contributed by atoms with Crippen molar-refractivity contribution in [3.63, 3.8) is 0 Å². The van der Waals surface area contributed by atoms with E-state index >= 15 is 0 Å². The smallest absolute Gasteiger partial charge is 0.234 e. The fourth-order valence-corrected chi connectivity index (χ4v) is 4.18. The minimum Gasteiger partial charge on any atom is -0.324 e. The molecule has 0 saturated heterocycles. The maximum absolute atomic E-state index is 13.0. The highest BCUT2D eigenvalue weighted by Gasteiger charge is 2.25. The van der Waals surface area contributed by atoms with Gasteiger partial charge in [-0.15, -0.1) is 23.1 Å². The molecule has 0 unspecified atom stereocenters. The summed E-state index contributed by atoms with van der Waals surface area (Å²) in [6.07, 6.45) is 0. The van der Waals surface area contributed by atoms with E-state index in [0.717, 1.165) is 16.1 Å². The molecule has 0 saturated carbocycles. The van der Waals surface area contributed by atoms with Crippen molar-refractivity contribution in [3.05, 3.63) is 52.0 Å². The highest BCUT2D eigenvalue weighted by molar-refractivity contribution is 8.00. The quantitative estimate of drug-likeness (QED) is 0.863. The first-order valence-electron chi connectivity index (χ1n) is 5.48. The molecule has 1 atom stereocenters. The Balaban J connectivity index is 2.02. The Hall–Kier alpha value is -1.33. The van der Waals surface area contributed by atoms with Gasteiger partial charge in [0.1, 0.15) is 5.82 Å². The summed E-state index contributed by atoms with van der Waals surface area (Å²) in [7, 11) is 0. The molecule has 5 heteroatoms. The van der Waals surface area contributed by atoms with Crippen LogP contribution >= 0.6 is 23.1 Å². The fourth-order valence-electron chi connectivity index (χ4n) is 1.93. The summed E-state index contributed by atoms with van der Waals surface area (Å²) in [6, 6.07) is 8.41. The number of benzene rings is 1. The number of hydrogen-bond donors (Lipinski definition) is 1. The average Bonchev–Trinajstić information content (AvgIpc) is 2.74. The summed E-state index contributed by atoms with van der Waals surface area (Å²) >= 11 is 3.19. The summed E-state index contributed by atoms with van der Waals surface area (Å²) in [4.78, 5) is 12.7. The molecule has 2 heterocycles. The van der Waals surface area contributed by atoms with Crippen LogP contribution in [0.3, 0.4) is 0 Å². The number of thioether (sulfide) groups is 1. The number of thiophene rings is 1. The van der Waals surface area contributed by atoms with E-state index in [4.69, 9.17) is 0 Å². The molecule has 1 aliphatic rings. The number of anilines is 1. The van der Waals surface area contributed by atoms with E-state index < -0.39 is 0 Å². The molecular formula is C13H10FNOS2. The molecule has 0 spiro atoms. The molecule has 18 heavy (non-hydrogen) atoms. The zero-order valence-electron chi connectivity index (χ0n) is 9.35. The number of carbonyl (C=O) groups excluding carboxylic acids is 1. The summed E-state index contributed by atoms with van der Waals surface area (Å²) < 4.78 is 13.0. The van der Waals surface area contributed by atoms with Gasteiger partial charge >= 0.3 is 0 Å². The molecule has 1 amide bonds. The van der Waals surface area contributed by atoms with E-state index in [1.165, 1.54) is 12.1 Å². The van der Waals surface area contributed by atoms with E-state index in [9.17, 15) is 9.18 Å².